The molecule has 4 rings (SSSR count). The van der Waals surface area contributed by atoms with Gasteiger partial charge in [-0.05, 0) is 71.2 Å². The third-order valence-corrected chi connectivity index (χ3v) is 6.79. The Hall–Kier alpha value is -3.50. The van der Waals surface area contributed by atoms with E-state index in [9.17, 15) is 18.0 Å². The second-order valence-corrected chi connectivity index (χ2v) is 9.97. The molecule has 0 aliphatic heterocycles. The van der Waals surface area contributed by atoms with Gasteiger partial charge in [-0.3, -0.25) is 9.20 Å². The quantitative estimate of drug-likeness (QED) is 0.265. The summed E-state index contributed by atoms with van der Waals surface area (Å²) in [5.74, 6) is -0.977. The predicted molar refractivity (Wildman–Crippen MR) is 128 cm³/mol. The van der Waals surface area contributed by atoms with Gasteiger partial charge in [0.2, 0.25) is 0 Å². The molecule has 10 heteroatoms. The van der Waals surface area contributed by atoms with Gasteiger partial charge in [-0.1, -0.05) is 24.3 Å². The molecule has 0 saturated carbocycles. The van der Waals surface area contributed by atoms with E-state index in [1.165, 1.54) is 28.7 Å². The number of benzene rings is 2. The summed E-state index contributed by atoms with van der Waals surface area (Å²) in [5.41, 5.74) is 1.52. The standard InChI is InChI=1S/C24H19BrN2O6S/c1-15-7-8-16(2)21(11-15)34(30,31)33-20-6-4-3-5-19(20)24(29)32-14-18-12-23(28)27-13-17(25)9-10-22(27)26-18/h3-13H,14H2,1-2H3. The zero-order chi connectivity index (χ0) is 24.5. The van der Waals surface area contributed by atoms with Crippen molar-refractivity contribution in [3.8, 4) is 5.75 Å². The lowest BCUT2D eigenvalue weighted by Crippen LogP contribution is -2.17. The maximum Gasteiger partial charge on any atom is 0.342 e. The molecule has 0 N–H and O–H groups in total. The minimum atomic E-state index is -4.19. The predicted octanol–water partition coefficient (Wildman–Crippen LogP) is 4.20. The van der Waals surface area contributed by atoms with E-state index in [1.54, 1.807) is 56.4 Å². The fourth-order valence-corrected chi connectivity index (χ4v) is 4.87. The zero-order valence-corrected chi connectivity index (χ0v) is 20.6. The second-order valence-electron chi connectivity index (χ2n) is 7.54. The Morgan fingerprint density at radius 2 is 1.82 bits per heavy atom. The van der Waals surface area contributed by atoms with Crippen LogP contribution in [0.25, 0.3) is 5.65 Å². The molecular weight excluding hydrogens is 524 g/mol. The average Bonchev–Trinajstić information content (AvgIpc) is 2.79. The molecule has 2 heterocycles. The number of para-hydroxylation sites is 1. The molecule has 0 spiro atoms. The van der Waals surface area contributed by atoms with Crippen molar-refractivity contribution in [1.82, 2.24) is 9.38 Å². The molecule has 8 nitrogen and oxygen atoms in total. The first kappa shape index (κ1) is 23.7. The highest BCUT2D eigenvalue weighted by molar-refractivity contribution is 9.10. The van der Waals surface area contributed by atoms with Crippen LogP contribution < -0.4 is 9.74 Å². The number of ether oxygens (including phenoxy) is 1. The Kier molecular flexibility index (Phi) is 6.54. The van der Waals surface area contributed by atoms with E-state index in [-0.39, 0.29) is 34.1 Å². The Bertz CT molecular complexity index is 1580. The van der Waals surface area contributed by atoms with E-state index >= 15 is 0 Å². The summed E-state index contributed by atoms with van der Waals surface area (Å²) in [4.78, 5) is 29.4. The van der Waals surface area contributed by atoms with Crippen LogP contribution in [0.4, 0.5) is 0 Å². The van der Waals surface area contributed by atoms with Crippen LogP contribution in [-0.2, 0) is 21.5 Å². The summed E-state index contributed by atoms with van der Waals surface area (Å²) in [6.07, 6.45) is 1.59. The maximum atomic E-state index is 12.9. The van der Waals surface area contributed by atoms with E-state index in [0.717, 1.165) is 10.0 Å². The Morgan fingerprint density at radius 3 is 2.62 bits per heavy atom. The van der Waals surface area contributed by atoms with Crippen LogP contribution in [0.5, 0.6) is 5.75 Å². The molecule has 0 bridgehead atoms. The van der Waals surface area contributed by atoms with E-state index in [4.69, 9.17) is 8.92 Å². The minimum absolute atomic E-state index is 0.0168. The number of esters is 1. The minimum Gasteiger partial charge on any atom is -0.455 e. The fraction of sp³-hybridized carbons (Fsp3) is 0.125. The van der Waals surface area contributed by atoms with Gasteiger partial charge in [-0.15, -0.1) is 0 Å². The Morgan fingerprint density at radius 1 is 1.06 bits per heavy atom. The van der Waals surface area contributed by atoms with Gasteiger partial charge >= 0.3 is 16.1 Å². The number of nitrogens with zero attached hydrogens (tertiary/aromatic N) is 2. The van der Waals surface area contributed by atoms with Crippen LogP contribution in [0.2, 0.25) is 0 Å². The largest absolute Gasteiger partial charge is 0.455 e. The highest BCUT2D eigenvalue weighted by Crippen LogP contribution is 2.26. The number of carbonyl (C=O) groups excluding carboxylic acids is 1. The topological polar surface area (TPSA) is 104 Å². The van der Waals surface area contributed by atoms with Gasteiger partial charge in [0, 0.05) is 16.7 Å². The molecule has 0 unspecified atom stereocenters. The molecule has 174 valence electrons. The van der Waals surface area contributed by atoms with Crippen LogP contribution in [0.3, 0.4) is 0 Å². The van der Waals surface area contributed by atoms with Gasteiger partial charge in [0.05, 0.1) is 5.69 Å². The SMILES string of the molecule is Cc1ccc(C)c(S(=O)(=O)Oc2ccccc2C(=O)OCc2cc(=O)n3cc(Br)ccc3n2)c1. The van der Waals surface area contributed by atoms with Crippen molar-refractivity contribution in [2.45, 2.75) is 25.3 Å². The number of pyridine rings is 1. The van der Waals surface area contributed by atoms with Gasteiger partial charge < -0.3 is 8.92 Å². The first-order valence-corrected chi connectivity index (χ1v) is 12.3. The van der Waals surface area contributed by atoms with Crippen LogP contribution in [0, 0.1) is 13.8 Å². The third kappa shape index (κ3) is 5.02. The lowest BCUT2D eigenvalue weighted by atomic mass is 10.2. The number of halogens is 1. The zero-order valence-electron chi connectivity index (χ0n) is 18.2. The molecule has 4 aromatic rings. The van der Waals surface area contributed by atoms with Gasteiger partial charge in [0.15, 0.2) is 5.75 Å². The fourth-order valence-electron chi connectivity index (χ4n) is 3.26. The lowest BCUT2D eigenvalue weighted by molar-refractivity contribution is 0.0466. The van der Waals surface area contributed by atoms with Crippen molar-refractivity contribution in [2.24, 2.45) is 0 Å². The highest BCUT2D eigenvalue weighted by Gasteiger charge is 2.23. The smallest absolute Gasteiger partial charge is 0.342 e. The highest BCUT2D eigenvalue weighted by atomic mass is 79.9. The molecular formula is C24H19BrN2O6S. The molecule has 2 aromatic carbocycles. The summed E-state index contributed by atoms with van der Waals surface area (Å²) in [6, 6.07) is 15.5. The van der Waals surface area contributed by atoms with Gasteiger partial charge in [-0.2, -0.15) is 8.42 Å². The Labute approximate surface area is 204 Å². The molecule has 0 saturated heterocycles. The molecule has 0 aliphatic rings. The van der Waals surface area contributed by atoms with E-state index in [0.29, 0.717) is 11.2 Å². The average molecular weight is 543 g/mol. The molecule has 0 aliphatic carbocycles. The lowest BCUT2D eigenvalue weighted by Gasteiger charge is -2.13. The summed E-state index contributed by atoms with van der Waals surface area (Å²) in [5, 5.41) is 0. The van der Waals surface area contributed by atoms with E-state index in [1.807, 2.05) is 0 Å². The second kappa shape index (κ2) is 9.40. The van der Waals surface area contributed by atoms with Gasteiger partial charge in [0.25, 0.3) is 5.56 Å². The number of aromatic nitrogens is 2. The maximum absolute atomic E-state index is 12.9. The van der Waals surface area contributed by atoms with E-state index < -0.39 is 16.1 Å². The normalized spacial score (nSPS) is 11.4. The van der Waals surface area contributed by atoms with Gasteiger partial charge in [0.1, 0.15) is 22.7 Å². The van der Waals surface area contributed by atoms with Crippen LogP contribution in [0.1, 0.15) is 27.2 Å². The van der Waals surface area contributed by atoms with Crippen molar-refractivity contribution < 1.29 is 22.1 Å². The van der Waals surface area contributed by atoms with Crippen molar-refractivity contribution >= 4 is 37.7 Å². The van der Waals surface area contributed by atoms with Crippen molar-refractivity contribution in [2.75, 3.05) is 0 Å². The van der Waals surface area contributed by atoms with Crippen molar-refractivity contribution in [1.29, 1.82) is 0 Å². The number of hydrogen-bond acceptors (Lipinski definition) is 7. The molecule has 0 atom stereocenters. The third-order valence-electron chi connectivity index (χ3n) is 4.95. The van der Waals surface area contributed by atoms with Crippen LogP contribution in [-0.4, -0.2) is 23.8 Å². The summed E-state index contributed by atoms with van der Waals surface area (Å²) in [6.45, 7) is 3.15. The van der Waals surface area contributed by atoms with E-state index in [2.05, 4.69) is 20.9 Å². The molecule has 0 amide bonds. The number of aryl methyl sites for hydroxylation is 2. The summed E-state index contributed by atoms with van der Waals surface area (Å²) in [7, 11) is -4.19. The molecule has 34 heavy (non-hydrogen) atoms. The number of hydrogen-bond donors (Lipinski definition) is 0. The number of rotatable bonds is 6. The Balaban J connectivity index is 1.56. The number of carbonyl (C=O) groups is 1. The summed E-state index contributed by atoms with van der Waals surface area (Å²) >= 11 is 3.30. The van der Waals surface area contributed by atoms with Crippen LogP contribution in [0.15, 0.2) is 81.0 Å². The van der Waals surface area contributed by atoms with Gasteiger partial charge in [-0.25, -0.2) is 9.78 Å². The molecule has 0 fully saturated rings. The summed E-state index contributed by atoms with van der Waals surface area (Å²) < 4.78 is 38.5. The molecule has 0 radical (unpaired) electrons. The van der Waals surface area contributed by atoms with Crippen molar-refractivity contribution in [3.05, 3.63) is 104 Å². The number of fused-ring (bicyclic) bond motifs is 1. The first-order chi connectivity index (χ1) is 16.1. The first-order valence-electron chi connectivity index (χ1n) is 10.1. The van der Waals surface area contributed by atoms with Crippen molar-refractivity contribution in [3.63, 3.8) is 0 Å². The molecule has 2 aromatic heterocycles. The van der Waals surface area contributed by atoms with Crippen LogP contribution >= 0.6 is 15.9 Å². The monoisotopic (exact) mass is 542 g/mol.